The first-order valence-electron chi connectivity index (χ1n) is 2.80. The fourth-order valence-corrected chi connectivity index (χ4v) is 0.638. The molecule has 0 aromatic heterocycles. The van der Waals surface area contributed by atoms with Crippen molar-refractivity contribution in [3.05, 3.63) is 0 Å². The molecule has 44 valence electrons. The van der Waals surface area contributed by atoms with Crippen LogP contribution in [0.4, 0.5) is 0 Å². The number of rotatable bonds is 0. The van der Waals surface area contributed by atoms with Crippen LogP contribution >= 0.6 is 0 Å². The van der Waals surface area contributed by atoms with Gasteiger partial charge in [-0.1, -0.05) is 0 Å². The molecule has 0 saturated heterocycles. The lowest BCUT2D eigenvalue weighted by Gasteiger charge is -1.83. The van der Waals surface area contributed by atoms with Crippen LogP contribution in [0.1, 0.15) is 19.3 Å². The molecule has 1 aliphatic rings. The van der Waals surface area contributed by atoms with Crippen molar-refractivity contribution in [2.75, 3.05) is 6.54 Å². The number of hydrogen-bond donors (Lipinski definition) is 0. The van der Waals surface area contributed by atoms with Gasteiger partial charge >= 0.3 is 0 Å². The number of nitrogens with zero attached hydrogens (tertiary/aromatic N) is 2. The van der Waals surface area contributed by atoms with Crippen LogP contribution in [-0.4, -0.2) is 12.5 Å². The average molecular weight is 112 g/mol. The van der Waals surface area contributed by atoms with Crippen molar-refractivity contribution < 1.29 is 4.79 Å². The number of carbonyl (C=O) groups is 1. The summed E-state index contributed by atoms with van der Waals surface area (Å²) < 4.78 is 0. The van der Waals surface area contributed by atoms with E-state index in [-0.39, 0.29) is 5.91 Å². The number of amides is 1. The summed E-state index contributed by atoms with van der Waals surface area (Å²) in [4.78, 5) is 10.4. The molecule has 0 aliphatic carbocycles. The van der Waals surface area contributed by atoms with Gasteiger partial charge in [-0.3, -0.25) is 4.79 Å². The van der Waals surface area contributed by atoms with Crippen molar-refractivity contribution in [1.29, 1.82) is 0 Å². The van der Waals surface area contributed by atoms with Crippen LogP contribution < -0.4 is 0 Å². The summed E-state index contributed by atoms with van der Waals surface area (Å²) in [6.07, 6.45) is 2.55. The second kappa shape index (κ2) is 2.55. The number of azo groups is 1. The highest BCUT2D eigenvalue weighted by atomic mass is 16.1. The Morgan fingerprint density at radius 1 is 1.38 bits per heavy atom. The first kappa shape index (κ1) is 5.41. The summed E-state index contributed by atoms with van der Waals surface area (Å²) in [6, 6.07) is 0. The molecule has 0 bridgehead atoms. The van der Waals surface area contributed by atoms with Crippen LogP contribution in [0.2, 0.25) is 0 Å². The van der Waals surface area contributed by atoms with Gasteiger partial charge in [-0.2, -0.15) is 5.11 Å². The van der Waals surface area contributed by atoms with Crippen molar-refractivity contribution in [3.8, 4) is 0 Å². The lowest BCUT2D eigenvalue weighted by molar-refractivity contribution is -0.118. The van der Waals surface area contributed by atoms with E-state index in [4.69, 9.17) is 0 Å². The van der Waals surface area contributed by atoms with Gasteiger partial charge in [0.1, 0.15) is 0 Å². The molecule has 1 amide bonds. The topological polar surface area (TPSA) is 41.8 Å². The third-order valence-electron chi connectivity index (χ3n) is 1.08. The largest absolute Gasteiger partial charge is 0.271 e. The molecule has 8 heavy (non-hydrogen) atoms. The predicted octanol–water partition coefficient (Wildman–Crippen LogP) is 1.15. The zero-order chi connectivity index (χ0) is 5.82. The van der Waals surface area contributed by atoms with Crippen molar-refractivity contribution in [3.63, 3.8) is 0 Å². The van der Waals surface area contributed by atoms with Crippen LogP contribution in [0.5, 0.6) is 0 Å². The van der Waals surface area contributed by atoms with Crippen LogP contribution in [0, 0.1) is 0 Å². The number of carbonyl (C=O) groups excluding carboxylic acids is 1. The van der Waals surface area contributed by atoms with E-state index in [0.717, 1.165) is 19.4 Å². The standard InChI is InChI=1S/C5H8N2O/c8-5-3-1-2-4-6-7-5/h1-4H2. The highest BCUT2D eigenvalue weighted by molar-refractivity contribution is 5.76. The maximum Gasteiger partial charge on any atom is 0.264 e. The minimum absolute atomic E-state index is 0.0671. The highest BCUT2D eigenvalue weighted by Gasteiger charge is 2.01. The Balaban J connectivity index is 2.44. The Hall–Kier alpha value is -0.730. The Morgan fingerprint density at radius 3 is 3.12 bits per heavy atom. The van der Waals surface area contributed by atoms with Gasteiger partial charge in [0.25, 0.3) is 5.91 Å². The second-order valence-electron chi connectivity index (χ2n) is 1.82. The molecule has 1 rings (SSSR count). The summed E-state index contributed by atoms with van der Waals surface area (Å²) in [5.74, 6) is -0.0671. The van der Waals surface area contributed by atoms with E-state index in [1.807, 2.05) is 0 Å². The first-order valence-corrected chi connectivity index (χ1v) is 2.80. The van der Waals surface area contributed by atoms with Gasteiger partial charge in [0.2, 0.25) is 0 Å². The second-order valence-corrected chi connectivity index (χ2v) is 1.82. The zero-order valence-electron chi connectivity index (χ0n) is 4.63. The average Bonchev–Trinajstić information content (AvgIpc) is 1.94. The van der Waals surface area contributed by atoms with Crippen LogP contribution in [0.25, 0.3) is 0 Å². The van der Waals surface area contributed by atoms with E-state index in [2.05, 4.69) is 10.2 Å². The van der Waals surface area contributed by atoms with E-state index in [0.29, 0.717) is 6.42 Å². The summed E-state index contributed by atoms with van der Waals surface area (Å²) in [5.41, 5.74) is 0. The van der Waals surface area contributed by atoms with E-state index in [1.54, 1.807) is 0 Å². The van der Waals surface area contributed by atoms with Crippen molar-refractivity contribution in [1.82, 2.24) is 0 Å². The minimum atomic E-state index is -0.0671. The lowest BCUT2D eigenvalue weighted by Crippen LogP contribution is -1.87. The maximum atomic E-state index is 10.4. The molecule has 0 N–H and O–H groups in total. The summed E-state index contributed by atoms with van der Waals surface area (Å²) in [6.45, 7) is 0.728. The monoisotopic (exact) mass is 112 g/mol. The quantitative estimate of drug-likeness (QED) is 0.463. The fourth-order valence-electron chi connectivity index (χ4n) is 0.638. The van der Waals surface area contributed by atoms with Gasteiger partial charge in [0.15, 0.2) is 0 Å². The minimum Gasteiger partial charge on any atom is -0.271 e. The highest BCUT2D eigenvalue weighted by Crippen LogP contribution is 2.02. The Kier molecular flexibility index (Phi) is 1.72. The summed E-state index contributed by atoms with van der Waals surface area (Å²) in [7, 11) is 0. The first-order chi connectivity index (χ1) is 3.89. The molecule has 1 heterocycles. The molecule has 0 spiro atoms. The molecule has 0 unspecified atom stereocenters. The van der Waals surface area contributed by atoms with Crippen molar-refractivity contribution >= 4 is 5.91 Å². The fraction of sp³-hybridized carbons (Fsp3) is 0.800. The van der Waals surface area contributed by atoms with Gasteiger partial charge in [-0.25, -0.2) is 0 Å². The summed E-state index contributed by atoms with van der Waals surface area (Å²) in [5, 5.41) is 7.04. The predicted molar refractivity (Wildman–Crippen MR) is 28.6 cm³/mol. The Morgan fingerprint density at radius 2 is 2.25 bits per heavy atom. The Labute approximate surface area is 47.8 Å². The third-order valence-corrected chi connectivity index (χ3v) is 1.08. The van der Waals surface area contributed by atoms with Gasteiger partial charge in [0.05, 0.1) is 6.54 Å². The molecule has 0 fully saturated rings. The molecule has 0 aromatic carbocycles. The van der Waals surface area contributed by atoms with Gasteiger partial charge in [0, 0.05) is 6.42 Å². The normalized spacial score (nSPS) is 20.8. The van der Waals surface area contributed by atoms with Crippen LogP contribution in [0.3, 0.4) is 0 Å². The molecule has 0 saturated carbocycles. The molecule has 1 aliphatic heterocycles. The third kappa shape index (κ3) is 1.40. The van der Waals surface area contributed by atoms with Crippen molar-refractivity contribution in [2.45, 2.75) is 19.3 Å². The summed E-state index contributed by atoms with van der Waals surface area (Å²) >= 11 is 0. The molecule has 3 nitrogen and oxygen atoms in total. The Bertz CT molecular complexity index is 120. The van der Waals surface area contributed by atoms with E-state index in [9.17, 15) is 4.79 Å². The van der Waals surface area contributed by atoms with Crippen LogP contribution in [0.15, 0.2) is 10.2 Å². The van der Waals surface area contributed by atoms with E-state index < -0.39 is 0 Å². The van der Waals surface area contributed by atoms with Crippen molar-refractivity contribution in [2.24, 2.45) is 10.2 Å². The van der Waals surface area contributed by atoms with Crippen LogP contribution in [-0.2, 0) is 4.79 Å². The molecule has 0 atom stereocenters. The van der Waals surface area contributed by atoms with E-state index >= 15 is 0 Å². The maximum absolute atomic E-state index is 10.4. The van der Waals surface area contributed by atoms with E-state index in [1.165, 1.54) is 0 Å². The molecular formula is C5H8N2O. The van der Waals surface area contributed by atoms with Gasteiger partial charge in [-0.05, 0) is 12.8 Å². The lowest BCUT2D eigenvalue weighted by atomic mass is 10.2. The SMILES string of the molecule is O=C1CCCCN=N1. The molecular weight excluding hydrogens is 104 g/mol. The molecule has 0 radical (unpaired) electrons. The van der Waals surface area contributed by atoms with Gasteiger partial charge in [-0.15, -0.1) is 5.11 Å². The zero-order valence-corrected chi connectivity index (χ0v) is 4.63. The molecule has 3 heteroatoms. The molecule has 0 aromatic rings. The van der Waals surface area contributed by atoms with Gasteiger partial charge < -0.3 is 0 Å². The number of hydrogen-bond acceptors (Lipinski definition) is 2. The smallest absolute Gasteiger partial charge is 0.264 e.